The number of halogens is 1. The number of carboxylic acid groups (broad SMARTS) is 1. The Morgan fingerprint density at radius 2 is 2.29 bits per heavy atom. The van der Waals surface area contributed by atoms with Crippen LogP contribution >= 0.6 is 0 Å². The van der Waals surface area contributed by atoms with Crippen LogP contribution in [0.3, 0.4) is 0 Å². The van der Waals surface area contributed by atoms with E-state index in [4.69, 9.17) is 5.11 Å². The first-order valence-electron chi connectivity index (χ1n) is 6.10. The van der Waals surface area contributed by atoms with Gasteiger partial charge in [-0.1, -0.05) is 0 Å². The van der Waals surface area contributed by atoms with Gasteiger partial charge in [0.2, 0.25) is 5.91 Å². The second-order valence-electron chi connectivity index (χ2n) is 4.49. The Bertz CT molecular complexity index is 607. The number of hydrogen-bond acceptors (Lipinski definition) is 5. The van der Waals surface area contributed by atoms with Crippen molar-refractivity contribution >= 4 is 23.3 Å². The SMILES string of the molecule is O=C(O)CC1C(=O)NCCN1c1ccc(F)cc1[N+](=O)[O-]. The van der Waals surface area contributed by atoms with Crippen molar-refractivity contribution < 1.29 is 24.0 Å². The van der Waals surface area contributed by atoms with Gasteiger partial charge in [-0.05, 0) is 12.1 Å². The number of carboxylic acids is 1. The van der Waals surface area contributed by atoms with Gasteiger partial charge in [-0.2, -0.15) is 0 Å². The van der Waals surface area contributed by atoms with Crippen molar-refractivity contribution in [3.8, 4) is 0 Å². The van der Waals surface area contributed by atoms with Crippen LogP contribution in [0.5, 0.6) is 0 Å². The van der Waals surface area contributed by atoms with Gasteiger partial charge in [0.1, 0.15) is 17.5 Å². The molecule has 0 bridgehead atoms. The molecular formula is C12H12FN3O5. The lowest BCUT2D eigenvalue weighted by Gasteiger charge is -2.35. The molecule has 8 nitrogen and oxygen atoms in total. The summed E-state index contributed by atoms with van der Waals surface area (Å²) in [5.41, 5.74) is -0.470. The van der Waals surface area contributed by atoms with Crippen molar-refractivity contribution in [3.63, 3.8) is 0 Å². The molecule has 1 saturated heterocycles. The lowest BCUT2D eigenvalue weighted by molar-refractivity contribution is -0.384. The van der Waals surface area contributed by atoms with E-state index < -0.39 is 40.8 Å². The molecule has 1 atom stereocenters. The van der Waals surface area contributed by atoms with Crippen molar-refractivity contribution in [1.82, 2.24) is 5.32 Å². The van der Waals surface area contributed by atoms with Crippen LogP contribution in [0.4, 0.5) is 15.8 Å². The van der Waals surface area contributed by atoms with Crippen LogP contribution in [0.15, 0.2) is 18.2 Å². The van der Waals surface area contributed by atoms with Gasteiger partial charge in [0.05, 0.1) is 17.4 Å². The van der Waals surface area contributed by atoms with Crippen molar-refractivity contribution in [2.45, 2.75) is 12.5 Å². The van der Waals surface area contributed by atoms with Crippen LogP contribution in [0.25, 0.3) is 0 Å². The molecule has 0 saturated carbocycles. The molecule has 0 spiro atoms. The second-order valence-corrected chi connectivity index (χ2v) is 4.49. The van der Waals surface area contributed by atoms with Crippen LogP contribution in [-0.2, 0) is 9.59 Å². The number of anilines is 1. The number of nitrogens with one attached hydrogen (secondary N) is 1. The summed E-state index contributed by atoms with van der Waals surface area (Å²) in [4.78, 5) is 34.2. The van der Waals surface area contributed by atoms with Crippen LogP contribution in [0.1, 0.15) is 6.42 Å². The number of benzene rings is 1. The fourth-order valence-corrected chi connectivity index (χ4v) is 2.26. The summed E-state index contributed by atoms with van der Waals surface area (Å²) in [6, 6.07) is 1.90. The number of nitro benzene ring substituents is 1. The number of hydrogen-bond donors (Lipinski definition) is 2. The van der Waals surface area contributed by atoms with Crippen LogP contribution in [-0.4, -0.2) is 41.0 Å². The molecule has 2 N–H and O–H groups in total. The first-order valence-corrected chi connectivity index (χ1v) is 6.10. The number of carbonyl (C=O) groups excluding carboxylic acids is 1. The van der Waals surface area contributed by atoms with E-state index in [9.17, 15) is 24.1 Å². The molecule has 1 aromatic carbocycles. The minimum absolute atomic E-state index is 0.0301. The van der Waals surface area contributed by atoms with E-state index >= 15 is 0 Å². The standard InChI is InChI=1S/C12H12FN3O5/c13-7-1-2-8(9(5-7)16(20)21)15-4-3-14-12(19)10(15)6-11(17)18/h1-2,5,10H,3-4,6H2,(H,14,19)(H,17,18). The number of nitrogens with zero attached hydrogens (tertiary/aromatic N) is 2. The largest absolute Gasteiger partial charge is 0.481 e. The Balaban J connectivity index is 2.44. The Hall–Kier alpha value is -2.71. The van der Waals surface area contributed by atoms with E-state index in [1.165, 1.54) is 11.0 Å². The highest BCUT2D eigenvalue weighted by molar-refractivity contribution is 5.91. The van der Waals surface area contributed by atoms with Crippen molar-refractivity contribution in [3.05, 3.63) is 34.1 Å². The second kappa shape index (κ2) is 5.73. The van der Waals surface area contributed by atoms with E-state index in [-0.39, 0.29) is 18.8 Å². The fraction of sp³-hybridized carbons (Fsp3) is 0.333. The number of amides is 1. The Morgan fingerprint density at radius 3 is 2.90 bits per heavy atom. The molecule has 0 radical (unpaired) electrons. The monoisotopic (exact) mass is 297 g/mol. The third kappa shape index (κ3) is 3.07. The molecule has 1 heterocycles. The van der Waals surface area contributed by atoms with E-state index in [2.05, 4.69) is 5.32 Å². The molecule has 0 aromatic heterocycles. The molecule has 0 aliphatic carbocycles. The topological polar surface area (TPSA) is 113 Å². The summed E-state index contributed by atoms with van der Waals surface area (Å²) in [6.07, 6.45) is -0.500. The van der Waals surface area contributed by atoms with Crippen LogP contribution in [0.2, 0.25) is 0 Å². The summed E-state index contributed by atoms with van der Waals surface area (Å²) >= 11 is 0. The summed E-state index contributed by atoms with van der Waals surface area (Å²) < 4.78 is 13.2. The highest BCUT2D eigenvalue weighted by atomic mass is 19.1. The third-order valence-corrected chi connectivity index (χ3v) is 3.14. The molecule has 9 heteroatoms. The van der Waals surface area contributed by atoms with Crippen LogP contribution in [0, 0.1) is 15.9 Å². The van der Waals surface area contributed by atoms with E-state index in [0.29, 0.717) is 0 Å². The van der Waals surface area contributed by atoms with Gasteiger partial charge in [0.25, 0.3) is 5.69 Å². The van der Waals surface area contributed by atoms with Crippen molar-refractivity contribution in [2.75, 3.05) is 18.0 Å². The zero-order chi connectivity index (χ0) is 15.6. The summed E-state index contributed by atoms with van der Waals surface area (Å²) in [7, 11) is 0. The molecule has 1 unspecified atom stereocenters. The molecule has 1 aromatic rings. The lowest BCUT2D eigenvalue weighted by Crippen LogP contribution is -2.56. The van der Waals surface area contributed by atoms with E-state index in [1.807, 2.05) is 0 Å². The minimum Gasteiger partial charge on any atom is -0.481 e. The molecule has 2 rings (SSSR count). The van der Waals surface area contributed by atoms with E-state index in [0.717, 1.165) is 12.1 Å². The van der Waals surface area contributed by atoms with Gasteiger partial charge < -0.3 is 15.3 Å². The van der Waals surface area contributed by atoms with Gasteiger partial charge in [-0.15, -0.1) is 0 Å². The molecule has 112 valence electrons. The van der Waals surface area contributed by atoms with Gasteiger partial charge in [0.15, 0.2) is 0 Å². The predicted molar refractivity (Wildman–Crippen MR) is 69.5 cm³/mol. The maximum Gasteiger partial charge on any atom is 0.305 e. The van der Waals surface area contributed by atoms with Gasteiger partial charge in [-0.3, -0.25) is 19.7 Å². The van der Waals surface area contributed by atoms with Gasteiger partial charge >= 0.3 is 5.97 Å². The zero-order valence-corrected chi connectivity index (χ0v) is 10.8. The Kier molecular flexibility index (Phi) is 4.01. The number of rotatable bonds is 4. The van der Waals surface area contributed by atoms with Gasteiger partial charge in [-0.25, -0.2) is 4.39 Å². The summed E-state index contributed by atoms with van der Waals surface area (Å²) in [6.45, 7) is 0.430. The van der Waals surface area contributed by atoms with Gasteiger partial charge in [0, 0.05) is 13.1 Å². The minimum atomic E-state index is -1.20. The fourth-order valence-electron chi connectivity index (χ4n) is 2.26. The van der Waals surface area contributed by atoms with Crippen molar-refractivity contribution in [2.24, 2.45) is 0 Å². The molecule has 1 aliphatic rings. The average molecular weight is 297 g/mol. The molecule has 1 aliphatic heterocycles. The third-order valence-electron chi connectivity index (χ3n) is 3.14. The quantitative estimate of drug-likeness (QED) is 0.618. The predicted octanol–water partition coefficient (Wildman–Crippen LogP) is 0.513. The maximum atomic E-state index is 13.2. The van der Waals surface area contributed by atoms with Crippen molar-refractivity contribution in [1.29, 1.82) is 0 Å². The normalized spacial score (nSPS) is 18.2. The molecule has 1 amide bonds. The Labute approximate surface area is 118 Å². The highest BCUT2D eigenvalue weighted by Gasteiger charge is 2.35. The molecule has 1 fully saturated rings. The number of carbonyl (C=O) groups is 2. The average Bonchev–Trinajstić information content (AvgIpc) is 2.41. The van der Waals surface area contributed by atoms with E-state index in [1.54, 1.807) is 0 Å². The first kappa shape index (κ1) is 14.7. The molecule has 21 heavy (non-hydrogen) atoms. The number of nitro groups is 1. The number of aliphatic carboxylic acids is 1. The summed E-state index contributed by atoms with van der Waals surface area (Å²) in [5.74, 6) is -2.50. The smallest absolute Gasteiger partial charge is 0.305 e. The highest BCUT2D eigenvalue weighted by Crippen LogP contribution is 2.31. The molecular weight excluding hydrogens is 285 g/mol. The Morgan fingerprint density at radius 1 is 1.57 bits per heavy atom. The number of piperazine rings is 1. The zero-order valence-electron chi connectivity index (χ0n) is 10.8. The summed E-state index contributed by atoms with van der Waals surface area (Å²) in [5, 5.41) is 22.4. The maximum absolute atomic E-state index is 13.2. The lowest BCUT2D eigenvalue weighted by atomic mass is 10.1. The first-order chi connectivity index (χ1) is 9.90. The van der Waals surface area contributed by atoms with Crippen LogP contribution < -0.4 is 10.2 Å².